The summed E-state index contributed by atoms with van der Waals surface area (Å²) in [6.07, 6.45) is 0.229. The lowest BCUT2D eigenvalue weighted by Gasteiger charge is -2.12. The first kappa shape index (κ1) is 23.2. The van der Waals surface area contributed by atoms with E-state index in [1.807, 2.05) is 74.8 Å². The normalized spacial score (nSPS) is 10.7. The topological polar surface area (TPSA) is 74.6 Å². The van der Waals surface area contributed by atoms with E-state index in [1.165, 1.54) is 0 Å². The highest BCUT2D eigenvalue weighted by Gasteiger charge is 2.16. The Balaban J connectivity index is 1.72. The second-order valence-corrected chi connectivity index (χ2v) is 7.43. The fourth-order valence-corrected chi connectivity index (χ4v) is 3.55. The molecule has 1 N–H and O–H groups in total. The maximum absolute atomic E-state index is 12.8. The van der Waals surface area contributed by atoms with Crippen molar-refractivity contribution in [3.63, 3.8) is 0 Å². The third-order valence-corrected chi connectivity index (χ3v) is 5.08. The van der Waals surface area contributed by atoms with Crippen molar-refractivity contribution in [2.75, 3.05) is 25.6 Å². The highest BCUT2D eigenvalue weighted by Crippen LogP contribution is 2.29. The van der Waals surface area contributed by atoms with Gasteiger partial charge in [0.1, 0.15) is 5.75 Å². The molecule has 1 amide bonds. The number of hydrogen-bond acceptors (Lipinski definition) is 5. The molecule has 0 saturated carbocycles. The van der Waals surface area contributed by atoms with Gasteiger partial charge < -0.3 is 19.5 Å². The Kier molecular flexibility index (Phi) is 7.76. The molecule has 0 aliphatic carbocycles. The van der Waals surface area contributed by atoms with Gasteiger partial charge in [-0.25, -0.2) is 0 Å². The maximum Gasteiger partial charge on any atom is 0.228 e. The highest BCUT2D eigenvalue weighted by molar-refractivity contribution is 5.93. The van der Waals surface area contributed by atoms with Gasteiger partial charge >= 0.3 is 0 Å². The van der Waals surface area contributed by atoms with Crippen LogP contribution >= 0.6 is 0 Å². The smallest absolute Gasteiger partial charge is 0.228 e. The maximum atomic E-state index is 12.8. The Morgan fingerprint density at radius 1 is 1.00 bits per heavy atom. The molecule has 32 heavy (non-hydrogen) atoms. The number of anilines is 1. The molecule has 3 rings (SSSR count). The predicted octanol–water partition coefficient (Wildman–Crippen LogP) is 4.54. The van der Waals surface area contributed by atoms with Gasteiger partial charge in [-0.15, -0.1) is 0 Å². The highest BCUT2D eigenvalue weighted by atomic mass is 16.5. The van der Waals surface area contributed by atoms with Gasteiger partial charge in [0.05, 0.1) is 50.4 Å². The van der Waals surface area contributed by atoms with Gasteiger partial charge in [-0.1, -0.05) is 18.2 Å². The van der Waals surface area contributed by atoms with Crippen LogP contribution in [-0.4, -0.2) is 36.0 Å². The van der Waals surface area contributed by atoms with Crippen molar-refractivity contribution in [2.45, 2.75) is 40.7 Å². The Morgan fingerprint density at radius 2 is 1.75 bits per heavy atom. The number of amides is 1. The number of nitrogens with one attached hydrogen (secondary N) is 1. The number of nitrogens with zero attached hydrogens (tertiary/aromatic N) is 2. The molecule has 0 aliphatic heterocycles. The number of carbonyl (C=O) groups excluding carboxylic acids is 1. The summed E-state index contributed by atoms with van der Waals surface area (Å²) >= 11 is 0. The minimum Gasteiger partial charge on any atom is -0.497 e. The lowest BCUT2D eigenvalue weighted by molar-refractivity contribution is -0.115. The molecular formula is C25H31N3O4. The number of ether oxygens (including phenoxy) is 3. The quantitative estimate of drug-likeness (QED) is 0.504. The molecule has 1 aromatic heterocycles. The monoisotopic (exact) mass is 437 g/mol. The van der Waals surface area contributed by atoms with Gasteiger partial charge in [-0.3, -0.25) is 9.48 Å². The Labute approximate surface area is 189 Å². The molecule has 0 bridgehead atoms. The molecule has 0 saturated heterocycles. The summed E-state index contributed by atoms with van der Waals surface area (Å²) < 4.78 is 18.5. The first-order valence-electron chi connectivity index (χ1n) is 10.8. The molecule has 0 atom stereocenters. The first-order chi connectivity index (χ1) is 15.4. The van der Waals surface area contributed by atoms with Crippen LogP contribution in [0.15, 0.2) is 42.5 Å². The Bertz CT molecular complexity index is 1080. The molecule has 0 radical (unpaired) electrons. The van der Waals surface area contributed by atoms with E-state index >= 15 is 0 Å². The molecule has 2 aromatic carbocycles. The van der Waals surface area contributed by atoms with Crippen LogP contribution in [0.25, 0.3) is 0 Å². The van der Waals surface area contributed by atoms with Crippen molar-refractivity contribution in [3.8, 4) is 17.2 Å². The van der Waals surface area contributed by atoms with Crippen LogP contribution in [0, 0.1) is 13.8 Å². The molecule has 7 nitrogen and oxygen atoms in total. The van der Waals surface area contributed by atoms with E-state index in [9.17, 15) is 4.79 Å². The summed E-state index contributed by atoms with van der Waals surface area (Å²) in [5.41, 5.74) is 4.36. The molecule has 0 spiro atoms. The van der Waals surface area contributed by atoms with Crippen molar-refractivity contribution in [1.82, 2.24) is 9.78 Å². The summed E-state index contributed by atoms with van der Waals surface area (Å²) in [7, 11) is 1.65. The summed E-state index contributed by atoms with van der Waals surface area (Å²) in [5, 5.41) is 7.64. The minimum atomic E-state index is -0.108. The number of benzene rings is 2. The van der Waals surface area contributed by atoms with Crippen LogP contribution in [0.3, 0.4) is 0 Å². The van der Waals surface area contributed by atoms with E-state index in [4.69, 9.17) is 14.2 Å². The van der Waals surface area contributed by atoms with Gasteiger partial charge in [0.15, 0.2) is 11.5 Å². The fourth-order valence-electron chi connectivity index (χ4n) is 3.55. The SMILES string of the molecule is CCOc1ccc(CC(=O)Nc2c(C)nn(Cc3cccc(OC)c3)c2C)cc1OCC. The average Bonchev–Trinajstić information content (AvgIpc) is 3.03. The van der Waals surface area contributed by atoms with Crippen molar-refractivity contribution >= 4 is 11.6 Å². The fraction of sp³-hybridized carbons (Fsp3) is 0.360. The van der Waals surface area contributed by atoms with Crippen LogP contribution in [-0.2, 0) is 17.8 Å². The zero-order valence-electron chi connectivity index (χ0n) is 19.4. The Hall–Kier alpha value is -3.48. The van der Waals surface area contributed by atoms with Gasteiger partial charge in [0.2, 0.25) is 5.91 Å². The largest absolute Gasteiger partial charge is 0.497 e. The molecule has 170 valence electrons. The number of methoxy groups -OCH3 is 1. The summed E-state index contributed by atoms with van der Waals surface area (Å²) in [5.74, 6) is 2.03. The molecule has 1 heterocycles. The average molecular weight is 438 g/mol. The van der Waals surface area contributed by atoms with E-state index in [0.717, 1.165) is 34.0 Å². The van der Waals surface area contributed by atoms with E-state index in [1.54, 1.807) is 7.11 Å². The summed E-state index contributed by atoms with van der Waals surface area (Å²) in [6, 6.07) is 13.5. The second-order valence-electron chi connectivity index (χ2n) is 7.43. The second kappa shape index (κ2) is 10.7. The van der Waals surface area contributed by atoms with E-state index < -0.39 is 0 Å². The minimum absolute atomic E-state index is 0.108. The third-order valence-electron chi connectivity index (χ3n) is 5.08. The Morgan fingerprint density at radius 3 is 2.47 bits per heavy atom. The van der Waals surface area contributed by atoms with E-state index in [2.05, 4.69) is 10.4 Å². The lowest BCUT2D eigenvalue weighted by atomic mass is 10.1. The molecule has 0 fully saturated rings. The number of aromatic nitrogens is 2. The first-order valence-corrected chi connectivity index (χ1v) is 10.8. The number of carbonyl (C=O) groups is 1. The third kappa shape index (κ3) is 5.60. The van der Waals surface area contributed by atoms with Crippen LogP contribution in [0.4, 0.5) is 5.69 Å². The molecule has 0 unspecified atom stereocenters. The number of rotatable bonds is 10. The van der Waals surface area contributed by atoms with Crippen molar-refractivity contribution in [3.05, 3.63) is 65.0 Å². The molecular weight excluding hydrogens is 406 g/mol. The lowest BCUT2D eigenvalue weighted by Crippen LogP contribution is -2.16. The number of hydrogen-bond donors (Lipinski definition) is 1. The van der Waals surface area contributed by atoms with Crippen LogP contribution in [0.5, 0.6) is 17.2 Å². The summed E-state index contributed by atoms with van der Waals surface area (Å²) in [4.78, 5) is 12.8. The van der Waals surface area contributed by atoms with Crippen LogP contribution in [0.1, 0.15) is 36.4 Å². The van der Waals surface area contributed by atoms with Crippen LogP contribution < -0.4 is 19.5 Å². The van der Waals surface area contributed by atoms with Crippen molar-refractivity contribution < 1.29 is 19.0 Å². The summed E-state index contributed by atoms with van der Waals surface area (Å²) in [6.45, 7) is 9.38. The number of aryl methyl sites for hydroxylation is 1. The van der Waals surface area contributed by atoms with Crippen molar-refractivity contribution in [2.24, 2.45) is 0 Å². The van der Waals surface area contributed by atoms with Crippen LogP contribution in [0.2, 0.25) is 0 Å². The molecule has 0 aliphatic rings. The van der Waals surface area contributed by atoms with Gasteiger partial charge in [0, 0.05) is 0 Å². The van der Waals surface area contributed by atoms with E-state index in [-0.39, 0.29) is 12.3 Å². The zero-order chi connectivity index (χ0) is 23.1. The van der Waals surface area contributed by atoms with E-state index in [0.29, 0.717) is 31.3 Å². The van der Waals surface area contributed by atoms with Gasteiger partial charge in [-0.05, 0) is 63.1 Å². The van der Waals surface area contributed by atoms with Crippen molar-refractivity contribution in [1.29, 1.82) is 0 Å². The van der Waals surface area contributed by atoms with Gasteiger partial charge in [-0.2, -0.15) is 5.10 Å². The zero-order valence-corrected chi connectivity index (χ0v) is 19.4. The molecule has 7 heteroatoms. The predicted molar refractivity (Wildman–Crippen MR) is 125 cm³/mol. The standard InChI is InChI=1S/C25H31N3O4/c1-6-31-22-12-11-19(14-23(22)32-7-2)15-24(29)26-25-17(3)27-28(18(25)4)16-20-9-8-10-21(13-20)30-5/h8-14H,6-7,15-16H2,1-5H3,(H,26,29). The van der Waals surface area contributed by atoms with Gasteiger partial charge in [0.25, 0.3) is 0 Å². The molecule has 3 aromatic rings.